The van der Waals surface area contributed by atoms with Crippen molar-refractivity contribution in [1.82, 2.24) is 4.90 Å². The third-order valence-corrected chi connectivity index (χ3v) is 3.75. The molecular weight excluding hydrogens is 288 g/mol. The number of ether oxygens (including phenoxy) is 2. The van der Waals surface area contributed by atoms with Crippen LogP contribution in [0.15, 0.2) is 30.4 Å². The van der Waals surface area contributed by atoms with Gasteiger partial charge in [-0.3, -0.25) is 4.90 Å². The molecule has 0 saturated heterocycles. The Bertz CT molecular complexity index is 505. The minimum atomic E-state index is -2.85. The van der Waals surface area contributed by atoms with Gasteiger partial charge < -0.3 is 9.47 Å². The second kappa shape index (κ2) is 8.13. The summed E-state index contributed by atoms with van der Waals surface area (Å²) in [5.41, 5.74) is 1.02. The number of benzene rings is 1. The van der Waals surface area contributed by atoms with Gasteiger partial charge in [-0.1, -0.05) is 18.2 Å². The topological polar surface area (TPSA) is 21.7 Å². The number of hydrogen-bond acceptors (Lipinski definition) is 3. The number of likely N-dealkylation sites (N-methyl/N-ethyl adjacent to an activating group) is 1. The molecule has 0 heterocycles. The normalized spacial score (nSPS) is 18.0. The molecule has 0 radical (unpaired) electrons. The first-order chi connectivity index (χ1) is 10.6. The van der Waals surface area contributed by atoms with E-state index in [2.05, 4.69) is 28.8 Å². The summed E-state index contributed by atoms with van der Waals surface area (Å²) in [6, 6.07) is 5.58. The van der Waals surface area contributed by atoms with Crippen molar-refractivity contribution in [2.24, 2.45) is 0 Å². The summed E-state index contributed by atoms with van der Waals surface area (Å²) < 4.78 is 34.7. The number of halogens is 2. The Hall–Kier alpha value is -1.62. The fourth-order valence-electron chi connectivity index (χ4n) is 2.68. The average Bonchev–Trinajstić information content (AvgIpc) is 2.50. The van der Waals surface area contributed by atoms with Gasteiger partial charge in [-0.15, -0.1) is 0 Å². The van der Waals surface area contributed by atoms with Crippen LogP contribution in [0.3, 0.4) is 0 Å². The van der Waals surface area contributed by atoms with E-state index in [1.165, 1.54) is 6.42 Å². The Balaban J connectivity index is 2.08. The van der Waals surface area contributed by atoms with E-state index in [1.807, 2.05) is 13.0 Å². The van der Waals surface area contributed by atoms with E-state index >= 15 is 0 Å². The second-order valence-electron chi connectivity index (χ2n) is 5.43. The molecular formula is C17H23F2NO2. The van der Waals surface area contributed by atoms with Gasteiger partial charge in [-0.2, -0.15) is 8.78 Å². The summed E-state index contributed by atoms with van der Waals surface area (Å²) >= 11 is 0. The summed E-state index contributed by atoms with van der Waals surface area (Å²) in [6.07, 6.45) is 7.96. The van der Waals surface area contributed by atoms with Crippen LogP contribution in [0.1, 0.15) is 31.7 Å². The molecule has 0 bridgehead atoms. The lowest BCUT2D eigenvalue weighted by molar-refractivity contribution is -0.0514. The van der Waals surface area contributed by atoms with E-state index in [0.29, 0.717) is 18.4 Å². The molecule has 1 aliphatic rings. The van der Waals surface area contributed by atoms with E-state index < -0.39 is 6.61 Å². The van der Waals surface area contributed by atoms with Crippen molar-refractivity contribution < 1.29 is 18.3 Å². The highest BCUT2D eigenvalue weighted by molar-refractivity contribution is 5.43. The molecule has 1 atom stereocenters. The van der Waals surface area contributed by atoms with Crippen LogP contribution in [-0.4, -0.2) is 31.2 Å². The third kappa shape index (κ3) is 4.70. The van der Waals surface area contributed by atoms with Crippen molar-refractivity contribution in [3.05, 3.63) is 35.9 Å². The molecule has 2 rings (SSSR count). The van der Waals surface area contributed by atoms with E-state index in [-0.39, 0.29) is 5.75 Å². The Morgan fingerprint density at radius 3 is 2.77 bits per heavy atom. The van der Waals surface area contributed by atoms with Gasteiger partial charge in [0.1, 0.15) is 0 Å². The van der Waals surface area contributed by atoms with Crippen molar-refractivity contribution >= 4 is 0 Å². The minimum absolute atomic E-state index is 0.0841. The Morgan fingerprint density at radius 2 is 2.14 bits per heavy atom. The van der Waals surface area contributed by atoms with Gasteiger partial charge in [0, 0.05) is 12.6 Å². The van der Waals surface area contributed by atoms with Crippen LogP contribution in [-0.2, 0) is 6.54 Å². The van der Waals surface area contributed by atoms with E-state index in [9.17, 15) is 8.78 Å². The predicted octanol–water partition coefficient (Wildman–Crippen LogP) is 4.23. The summed E-state index contributed by atoms with van der Waals surface area (Å²) in [5, 5.41) is 0. The fourth-order valence-corrected chi connectivity index (χ4v) is 2.68. The number of alkyl halides is 2. The van der Waals surface area contributed by atoms with Gasteiger partial charge in [0.2, 0.25) is 0 Å². The molecule has 1 unspecified atom stereocenters. The summed E-state index contributed by atoms with van der Waals surface area (Å²) in [5.74, 6) is 0.453. The molecule has 0 saturated carbocycles. The van der Waals surface area contributed by atoms with Crippen LogP contribution in [0, 0.1) is 0 Å². The average molecular weight is 311 g/mol. The van der Waals surface area contributed by atoms with Crippen molar-refractivity contribution in [3.8, 4) is 11.5 Å². The van der Waals surface area contributed by atoms with Gasteiger partial charge in [0.15, 0.2) is 11.5 Å². The third-order valence-electron chi connectivity index (χ3n) is 3.75. The van der Waals surface area contributed by atoms with Crippen LogP contribution in [0.4, 0.5) is 8.78 Å². The Kier molecular flexibility index (Phi) is 6.19. The second-order valence-corrected chi connectivity index (χ2v) is 5.43. The van der Waals surface area contributed by atoms with Crippen LogP contribution >= 0.6 is 0 Å². The lowest BCUT2D eigenvalue weighted by atomic mass is 10.0. The van der Waals surface area contributed by atoms with Crippen LogP contribution in [0.25, 0.3) is 0 Å². The molecule has 0 amide bonds. The summed E-state index contributed by atoms with van der Waals surface area (Å²) in [6.45, 7) is 0.117. The first-order valence-corrected chi connectivity index (χ1v) is 7.67. The SMILES string of the molecule is CCOc1cc(CN(C)C2C=CCCC2)ccc1OC(F)F. The highest BCUT2D eigenvalue weighted by Gasteiger charge is 2.16. The van der Waals surface area contributed by atoms with Crippen molar-refractivity contribution in [2.75, 3.05) is 13.7 Å². The monoisotopic (exact) mass is 311 g/mol. The fraction of sp³-hybridized carbons (Fsp3) is 0.529. The zero-order valence-electron chi connectivity index (χ0n) is 13.1. The molecule has 1 aliphatic carbocycles. The molecule has 122 valence electrons. The molecule has 22 heavy (non-hydrogen) atoms. The van der Waals surface area contributed by atoms with Gasteiger partial charge in [-0.25, -0.2) is 0 Å². The summed E-state index contributed by atoms with van der Waals surface area (Å²) in [4.78, 5) is 2.26. The Morgan fingerprint density at radius 1 is 1.32 bits per heavy atom. The van der Waals surface area contributed by atoms with Crippen molar-refractivity contribution in [3.63, 3.8) is 0 Å². The van der Waals surface area contributed by atoms with Crippen LogP contribution < -0.4 is 9.47 Å². The molecule has 0 spiro atoms. The summed E-state index contributed by atoms with van der Waals surface area (Å²) in [7, 11) is 2.07. The van der Waals surface area contributed by atoms with E-state index in [1.54, 1.807) is 12.1 Å². The first-order valence-electron chi connectivity index (χ1n) is 7.67. The van der Waals surface area contributed by atoms with Crippen LogP contribution in [0.2, 0.25) is 0 Å². The zero-order chi connectivity index (χ0) is 15.9. The molecule has 0 fully saturated rings. The number of hydrogen-bond donors (Lipinski definition) is 0. The molecule has 1 aromatic rings. The quantitative estimate of drug-likeness (QED) is 0.704. The Labute approximate surface area is 130 Å². The maximum atomic E-state index is 12.4. The largest absolute Gasteiger partial charge is 0.490 e. The molecule has 0 aliphatic heterocycles. The zero-order valence-corrected chi connectivity index (χ0v) is 13.1. The smallest absolute Gasteiger partial charge is 0.387 e. The number of allylic oxidation sites excluding steroid dienone is 1. The number of nitrogens with zero attached hydrogens (tertiary/aromatic N) is 1. The number of rotatable bonds is 7. The maximum absolute atomic E-state index is 12.4. The van der Waals surface area contributed by atoms with Gasteiger partial charge >= 0.3 is 6.61 Å². The first kappa shape index (κ1) is 16.7. The molecule has 1 aromatic carbocycles. The highest BCUT2D eigenvalue weighted by Crippen LogP contribution is 2.30. The lowest BCUT2D eigenvalue weighted by Gasteiger charge is -2.27. The molecule has 0 aromatic heterocycles. The predicted molar refractivity (Wildman–Crippen MR) is 82.5 cm³/mol. The van der Waals surface area contributed by atoms with E-state index in [4.69, 9.17) is 4.74 Å². The minimum Gasteiger partial charge on any atom is -0.490 e. The van der Waals surface area contributed by atoms with Crippen molar-refractivity contribution in [2.45, 2.75) is 45.4 Å². The molecule has 5 heteroatoms. The lowest BCUT2D eigenvalue weighted by Crippen LogP contribution is -2.30. The highest BCUT2D eigenvalue weighted by atomic mass is 19.3. The maximum Gasteiger partial charge on any atom is 0.387 e. The van der Waals surface area contributed by atoms with Gasteiger partial charge in [0.05, 0.1) is 6.61 Å². The van der Waals surface area contributed by atoms with Gasteiger partial charge in [0.25, 0.3) is 0 Å². The molecule has 0 N–H and O–H groups in total. The molecule has 3 nitrogen and oxygen atoms in total. The van der Waals surface area contributed by atoms with Gasteiger partial charge in [-0.05, 0) is 50.9 Å². The van der Waals surface area contributed by atoms with Crippen LogP contribution in [0.5, 0.6) is 11.5 Å². The standard InChI is InChI=1S/C17H23F2NO2/c1-3-21-16-11-13(9-10-15(16)22-17(18)19)12-20(2)14-7-5-4-6-8-14/h5,7,9-11,14,17H,3-4,6,8,12H2,1-2H3. The van der Waals surface area contributed by atoms with Crippen molar-refractivity contribution in [1.29, 1.82) is 0 Å². The van der Waals surface area contributed by atoms with E-state index in [0.717, 1.165) is 24.9 Å².